The first-order valence-corrected chi connectivity index (χ1v) is 12.1. The fourth-order valence-electron chi connectivity index (χ4n) is 3.91. The van der Waals surface area contributed by atoms with Crippen molar-refractivity contribution in [2.24, 2.45) is 5.92 Å². The zero-order valence-electron chi connectivity index (χ0n) is 19.5. The molecule has 1 aliphatic rings. The van der Waals surface area contributed by atoms with Crippen LogP contribution in [-0.4, -0.2) is 61.6 Å². The number of amides is 2. The first-order chi connectivity index (χ1) is 15.4. The molecule has 0 fully saturated rings. The number of hydrogen-bond donors (Lipinski definition) is 0. The predicted octanol–water partition coefficient (Wildman–Crippen LogP) is 4.08. The Bertz CT molecular complexity index is 896. The molecule has 0 spiro atoms. The Morgan fingerprint density at radius 3 is 2.69 bits per heavy atom. The van der Waals surface area contributed by atoms with Gasteiger partial charge in [0, 0.05) is 25.1 Å². The second kappa shape index (κ2) is 11.5. The fraction of sp³-hybridized carbons (Fsp3) is 0.520. The van der Waals surface area contributed by atoms with Crippen LogP contribution in [0.25, 0.3) is 0 Å². The number of thiophene rings is 1. The predicted molar refractivity (Wildman–Crippen MR) is 127 cm³/mol. The van der Waals surface area contributed by atoms with Crippen LogP contribution >= 0.6 is 11.3 Å². The molecule has 3 rings (SSSR count). The Balaban J connectivity index is 1.75. The van der Waals surface area contributed by atoms with Crippen LogP contribution in [0.15, 0.2) is 35.7 Å². The normalized spacial score (nSPS) is 16.4. The Labute approximate surface area is 195 Å². The van der Waals surface area contributed by atoms with Gasteiger partial charge in [0.05, 0.1) is 12.6 Å². The Morgan fingerprint density at radius 2 is 2.00 bits per heavy atom. The van der Waals surface area contributed by atoms with Crippen molar-refractivity contribution in [3.63, 3.8) is 0 Å². The highest BCUT2D eigenvalue weighted by molar-refractivity contribution is 7.10. The third-order valence-corrected chi connectivity index (χ3v) is 7.02. The van der Waals surface area contributed by atoms with Gasteiger partial charge in [-0.3, -0.25) is 9.59 Å². The van der Waals surface area contributed by atoms with Gasteiger partial charge >= 0.3 is 0 Å². The summed E-state index contributed by atoms with van der Waals surface area (Å²) in [4.78, 5) is 30.8. The lowest BCUT2D eigenvalue weighted by molar-refractivity contribution is -0.145. The van der Waals surface area contributed by atoms with Crippen LogP contribution in [0.3, 0.4) is 0 Å². The Kier molecular flexibility index (Phi) is 8.70. The number of methoxy groups -OCH3 is 1. The standard InChI is InChI=1S/C25H34N2O4S/c1-5-18(2)14-26(25(29)17-30-4)15-24(28)27-12-10-23-21(11-13-32-23)22(27)16-31-20-8-6-19(3)7-9-20/h6-9,11,13,18,22H,5,10,12,14-17H2,1-4H3/t18-,22-/m0/s1. The summed E-state index contributed by atoms with van der Waals surface area (Å²) in [6.07, 6.45) is 1.77. The van der Waals surface area contributed by atoms with Gasteiger partial charge in [0.1, 0.15) is 19.0 Å². The van der Waals surface area contributed by atoms with E-state index in [9.17, 15) is 9.59 Å². The van der Waals surface area contributed by atoms with Crippen LogP contribution in [0.1, 0.15) is 42.3 Å². The summed E-state index contributed by atoms with van der Waals surface area (Å²) < 4.78 is 11.1. The van der Waals surface area contributed by atoms with Gasteiger partial charge in [0.15, 0.2) is 0 Å². The van der Waals surface area contributed by atoms with Crippen molar-refractivity contribution >= 4 is 23.2 Å². The summed E-state index contributed by atoms with van der Waals surface area (Å²) in [5.74, 6) is 0.905. The molecule has 1 aromatic carbocycles. The van der Waals surface area contributed by atoms with Gasteiger partial charge < -0.3 is 19.3 Å². The summed E-state index contributed by atoms with van der Waals surface area (Å²) in [6, 6.07) is 9.87. The molecule has 0 aliphatic carbocycles. The van der Waals surface area contributed by atoms with E-state index < -0.39 is 0 Å². The fourth-order valence-corrected chi connectivity index (χ4v) is 4.84. The molecule has 0 saturated heterocycles. The van der Waals surface area contributed by atoms with Crippen LogP contribution in [-0.2, 0) is 20.7 Å². The maximum Gasteiger partial charge on any atom is 0.249 e. The zero-order valence-corrected chi connectivity index (χ0v) is 20.3. The lowest BCUT2D eigenvalue weighted by Gasteiger charge is -2.37. The van der Waals surface area contributed by atoms with Crippen LogP contribution < -0.4 is 4.74 Å². The number of benzene rings is 1. The lowest BCUT2D eigenvalue weighted by Crippen LogP contribution is -2.49. The van der Waals surface area contributed by atoms with E-state index in [1.54, 1.807) is 16.2 Å². The first kappa shape index (κ1) is 24.3. The average Bonchev–Trinajstić information content (AvgIpc) is 3.27. The van der Waals surface area contributed by atoms with E-state index in [1.165, 1.54) is 17.6 Å². The van der Waals surface area contributed by atoms with E-state index in [2.05, 4.69) is 25.3 Å². The maximum absolute atomic E-state index is 13.4. The molecule has 1 aliphatic heterocycles. The van der Waals surface area contributed by atoms with Crippen molar-refractivity contribution < 1.29 is 19.1 Å². The quantitative estimate of drug-likeness (QED) is 0.538. The second-order valence-electron chi connectivity index (χ2n) is 8.50. The molecule has 0 radical (unpaired) electrons. The third kappa shape index (κ3) is 6.11. The van der Waals surface area contributed by atoms with Crippen LogP contribution in [0, 0.1) is 12.8 Å². The molecule has 174 valence electrons. The second-order valence-corrected chi connectivity index (χ2v) is 9.50. The van der Waals surface area contributed by atoms with Gasteiger partial charge in [-0.15, -0.1) is 11.3 Å². The topological polar surface area (TPSA) is 59.1 Å². The minimum atomic E-state index is -0.165. The molecule has 2 atom stereocenters. The number of fused-ring (bicyclic) bond motifs is 1. The van der Waals surface area contributed by atoms with Gasteiger partial charge in [-0.1, -0.05) is 38.0 Å². The molecule has 6 nitrogen and oxygen atoms in total. The van der Waals surface area contributed by atoms with Crippen LogP contribution in [0.5, 0.6) is 5.75 Å². The SMILES string of the molecule is CC[C@H](C)CN(CC(=O)N1CCc2sccc2[C@@H]1COc1ccc(C)cc1)C(=O)COC. The van der Waals surface area contributed by atoms with E-state index >= 15 is 0 Å². The van der Waals surface area contributed by atoms with E-state index in [-0.39, 0.29) is 31.0 Å². The molecular formula is C25H34N2O4S. The zero-order chi connectivity index (χ0) is 23.1. The molecule has 1 aromatic heterocycles. The summed E-state index contributed by atoms with van der Waals surface area (Å²) in [5, 5.41) is 2.08. The van der Waals surface area contributed by atoms with Crippen LogP contribution in [0.4, 0.5) is 0 Å². The summed E-state index contributed by atoms with van der Waals surface area (Å²) in [6.45, 7) is 7.83. The van der Waals surface area contributed by atoms with Gasteiger partial charge in [0.25, 0.3) is 0 Å². The Hall–Kier alpha value is -2.38. The first-order valence-electron chi connectivity index (χ1n) is 11.2. The molecule has 2 amide bonds. The number of ether oxygens (including phenoxy) is 2. The molecule has 0 unspecified atom stereocenters. The van der Waals surface area contributed by atoms with E-state index in [0.29, 0.717) is 25.6 Å². The third-order valence-electron chi connectivity index (χ3n) is 6.02. The van der Waals surface area contributed by atoms with Gasteiger partial charge in [0.2, 0.25) is 11.8 Å². The molecule has 0 bridgehead atoms. The van der Waals surface area contributed by atoms with Gasteiger partial charge in [-0.25, -0.2) is 0 Å². The molecule has 7 heteroatoms. The van der Waals surface area contributed by atoms with Crippen molar-refractivity contribution in [3.8, 4) is 5.75 Å². The Morgan fingerprint density at radius 1 is 1.25 bits per heavy atom. The van der Waals surface area contributed by atoms with Crippen molar-refractivity contribution in [3.05, 3.63) is 51.7 Å². The largest absolute Gasteiger partial charge is 0.491 e. The highest BCUT2D eigenvalue weighted by Crippen LogP contribution is 2.34. The number of hydrogen-bond acceptors (Lipinski definition) is 5. The summed E-state index contributed by atoms with van der Waals surface area (Å²) in [5.41, 5.74) is 2.33. The highest BCUT2D eigenvalue weighted by Gasteiger charge is 2.33. The van der Waals surface area contributed by atoms with Crippen LogP contribution in [0.2, 0.25) is 0 Å². The highest BCUT2D eigenvalue weighted by atomic mass is 32.1. The monoisotopic (exact) mass is 458 g/mol. The smallest absolute Gasteiger partial charge is 0.249 e. The van der Waals surface area contributed by atoms with Crippen molar-refractivity contribution in [1.29, 1.82) is 0 Å². The summed E-state index contributed by atoms with van der Waals surface area (Å²) >= 11 is 1.73. The number of carbonyl (C=O) groups excluding carboxylic acids is 2. The number of rotatable bonds is 10. The van der Waals surface area contributed by atoms with E-state index in [0.717, 1.165) is 24.2 Å². The minimum Gasteiger partial charge on any atom is -0.491 e. The van der Waals surface area contributed by atoms with Gasteiger partial charge in [-0.2, -0.15) is 0 Å². The lowest BCUT2D eigenvalue weighted by atomic mass is 10.00. The molecule has 32 heavy (non-hydrogen) atoms. The van der Waals surface area contributed by atoms with E-state index in [1.807, 2.05) is 36.1 Å². The molecule has 2 aromatic rings. The maximum atomic E-state index is 13.4. The molecule has 2 heterocycles. The van der Waals surface area contributed by atoms with Crippen molar-refractivity contribution in [1.82, 2.24) is 9.80 Å². The number of aryl methyl sites for hydroxylation is 1. The van der Waals surface area contributed by atoms with E-state index in [4.69, 9.17) is 9.47 Å². The van der Waals surface area contributed by atoms with Crippen molar-refractivity contribution in [2.45, 2.75) is 39.7 Å². The molecular weight excluding hydrogens is 424 g/mol. The van der Waals surface area contributed by atoms with Crippen molar-refractivity contribution in [2.75, 3.05) is 40.0 Å². The summed E-state index contributed by atoms with van der Waals surface area (Å²) in [7, 11) is 1.50. The number of nitrogens with zero attached hydrogens (tertiary/aromatic N) is 2. The van der Waals surface area contributed by atoms with Gasteiger partial charge in [-0.05, 0) is 48.4 Å². The molecule has 0 saturated carbocycles. The average molecular weight is 459 g/mol. The minimum absolute atomic E-state index is 0.0155. The number of carbonyl (C=O) groups is 2. The molecule has 0 N–H and O–H groups in total.